The van der Waals surface area contributed by atoms with E-state index >= 15 is 0 Å². The summed E-state index contributed by atoms with van der Waals surface area (Å²) >= 11 is 0. The van der Waals surface area contributed by atoms with Crippen molar-refractivity contribution in [1.29, 1.82) is 0 Å². The molecular formula is C17H21N3O3. The number of rotatable bonds is 5. The molecule has 1 aliphatic carbocycles. The van der Waals surface area contributed by atoms with Crippen LogP contribution < -0.4 is 10.6 Å². The van der Waals surface area contributed by atoms with Gasteiger partial charge in [0.05, 0.1) is 0 Å². The molecule has 6 heteroatoms. The van der Waals surface area contributed by atoms with Crippen LogP contribution in [0.15, 0.2) is 30.3 Å². The summed E-state index contributed by atoms with van der Waals surface area (Å²) in [6.07, 6.45) is 2.24. The summed E-state index contributed by atoms with van der Waals surface area (Å²) in [5.41, 5.74) is -0.423. The summed E-state index contributed by atoms with van der Waals surface area (Å²) in [4.78, 5) is 37.9. The van der Waals surface area contributed by atoms with Crippen molar-refractivity contribution in [2.75, 3.05) is 6.54 Å². The Hall–Kier alpha value is -2.37. The molecule has 1 aliphatic heterocycles. The molecule has 1 aromatic rings. The maximum Gasteiger partial charge on any atom is 0.325 e. The van der Waals surface area contributed by atoms with Gasteiger partial charge < -0.3 is 10.6 Å². The van der Waals surface area contributed by atoms with Gasteiger partial charge in [-0.05, 0) is 38.2 Å². The Balaban J connectivity index is 1.70. The molecule has 2 aliphatic rings. The molecule has 6 nitrogen and oxygen atoms in total. The minimum absolute atomic E-state index is 0.0868. The van der Waals surface area contributed by atoms with E-state index in [-0.39, 0.29) is 18.5 Å². The predicted octanol–water partition coefficient (Wildman–Crippen LogP) is 1.37. The normalized spacial score (nSPS) is 25.2. The first-order chi connectivity index (χ1) is 10.9. The summed E-state index contributed by atoms with van der Waals surface area (Å²) in [6, 6.07) is 8.60. The molecule has 4 amide bonds. The second-order valence-electron chi connectivity index (χ2n) is 6.51. The van der Waals surface area contributed by atoms with Gasteiger partial charge in [0.15, 0.2) is 0 Å². The minimum Gasteiger partial charge on any atom is -0.352 e. The van der Waals surface area contributed by atoms with Crippen LogP contribution in [0.2, 0.25) is 0 Å². The topological polar surface area (TPSA) is 78.5 Å². The molecule has 23 heavy (non-hydrogen) atoms. The second kappa shape index (κ2) is 5.68. The first-order valence-corrected chi connectivity index (χ1v) is 7.91. The van der Waals surface area contributed by atoms with Gasteiger partial charge in [0.1, 0.15) is 12.1 Å². The van der Waals surface area contributed by atoms with Crippen LogP contribution in [0.25, 0.3) is 0 Å². The number of carbonyl (C=O) groups excluding carboxylic acids is 3. The molecule has 122 valence electrons. The van der Waals surface area contributed by atoms with Gasteiger partial charge in [-0.2, -0.15) is 0 Å². The zero-order valence-electron chi connectivity index (χ0n) is 13.3. The van der Waals surface area contributed by atoms with Crippen LogP contribution in [0.5, 0.6) is 0 Å². The van der Waals surface area contributed by atoms with Crippen molar-refractivity contribution in [1.82, 2.24) is 15.5 Å². The van der Waals surface area contributed by atoms with E-state index in [9.17, 15) is 14.4 Å². The number of carbonyl (C=O) groups is 3. The van der Waals surface area contributed by atoms with Crippen LogP contribution in [0.4, 0.5) is 4.79 Å². The highest BCUT2D eigenvalue weighted by Gasteiger charge is 2.49. The Morgan fingerprint density at radius 3 is 2.61 bits per heavy atom. The lowest BCUT2D eigenvalue weighted by Gasteiger charge is -2.22. The molecule has 0 aromatic heterocycles. The van der Waals surface area contributed by atoms with Gasteiger partial charge in [0.25, 0.3) is 5.91 Å². The molecule has 1 heterocycles. The van der Waals surface area contributed by atoms with Crippen molar-refractivity contribution >= 4 is 17.8 Å². The summed E-state index contributed by atoms with van der Waals surface area (Å²) < 4.78 is 0. The molecule has 1 saturated carbocycles. The molecule has 0 unspecified atom stereocenters. The fourth-order valence-corrected chi connectivity index (χ4v) is 2.96. The smallest absolute Gasteiger partial charge is 0.325 e. The maximum absolute atomic E-state index is 12.7. The number of nitrogens with zero attached hydrogens (tertiary/aromatic N) is 1. The summed E-state index contributed by atoms with van der Waals surface area (Å²) in [5.74, 6) is -0.176. The Kier molecular flexibility index (Phi) is 3.83. The van der Waals surface area contributed by atoms with Gasteiger partial charge in [-0.3, -0.25) is 14.5 Å². The van der Waals surface area contributed by atoms with E-state index in [1.807, 2.05) is 25.1 Å². The van der Waals surface area contributed by atoms with Crippen LogP contribution in [-0.2, 0) is 15.1 Å². The molecule has 2 atom stereocenters. The van der Waals surface area contributed by atoms with Gasteiger partial charge in [0, 0.05) is 6.04 Å². The molecule has 1 aromatic carbocycles. The van der Waals surface area contributed by atoms with Crippen LogP contribution in [-0.4, -0.2) is 35.3 Å². The monoisotopic (exact) mass is 315 g/mol. The molecule has 3 rings (SSSR count). The molecule has 0 spiro atoms. The summed E-state index contributed by atoms with van der Waals surface area (Å²) in [6.45, 7) is 3.37. The quantitative estimate of drug-likeness (QED) is 0.806. The van der Waals surface area contributed by atoms with Gasteiger partial charge in [-0.25, -0.2) is 4.79 Å². The number of urea groups is 1. The Bertz CT molecular complexity index is 642. The molecule has 0 radical (unpaired) electrons. The average molecular weight is 315 g/mol. The van der Waals surface area contributed by atoms with Crippen molar-refractivity contribution in [3.05, 3.63) is 35.9 Å². The number of hydrogen-bond acceptors (Lipinski definition) is 3. The largest absolute Gasteiger partial charge is 0.352 e. The fraction of sp³-hybridized carbons (Fsp3) is 0.471. The number of amides is 4. The van der Waals surface area contributed by atoms with Gasteiger partial charge >= 0.3 is 6.03 Å². The average Bonchev–Trinajstić information content (AvgIpc) is 3.34. The molecule has 2 N–H and O–H groups in total. The van der Waals surface area contributed by atoms with Crippen molar-refractivity contribution in [3.63, 3.8) is 0 Å². The fourth-order valence-electron chi connectivity index (χ4n) is 2.96. The van der Waals surface area contributed by atoms with Gasteiger partial charge in [-0.1, -0.05) is 30.3 Å². The van der Waals surface area contributed by atoms with E-state index in [4.69, 9.17) is 0 Å². The highest BCUT2D eigenvalue weighted by molar-refractivity contribution is 6.09. The molecule has 2 fully saturated rings. The van der Waals surface area contributed by atoms with E-state index in [1.54, 1.807) is 19.1 Å². The second-order valence-corrected chi connectivity index (χ2v) is 6.51. The third-order valence-corrected chi connectivity index (χ3v) is 4.65. The highest BCUT2D eigenvalue weighted by Crippen LogP contribution is 2.32. The first kappa shape index (κ1) is 15.5. The van der Waals surface area contributed by atoms with E-state index in [2.05, 4.69) is 10.6 Å². The molecule has 1 saturated heterocycles. The summed E-state index contributed by atoms with van der Waals surface area (Å²) in [5, 5.41) is 5.56. The van der Waals surface area contributed by atoms with Gasteiger partial charge in [0.2, 0.25) is 5.91 Å². The third-order valence-electron chi connectivity index (χ3n) is 4.65. The highest BCUT2D eigenvalue weighted by atomic mass is 16.2. The number of imide groups is 1. The minimum atomic E-state index is -1.12. The van der Waals surface area contributed by atoms with Crippen LogP contribution in [0, 0.1) is 5.92 Å². The van der Waals surface area contributed by atoms with Crippen molar-refractivity contribution in [3.8, 4) is 0 Å². The van der Waals surface area contributed by atoms with Crippen LogP contribution >= 0.6 is 0 Å². The van der Waals surface area contributed by atoms with Crippen molar-refractivity contribution in [2.45, 2.75) is 38.3 Å². The standard InChI is InChI=1S/C17H21N3O3/c1-11(12-8-9-12)18-14(21)10-20-15(22)17(2,19-16(20)23)13-6-4-3-5-7-13/h3-7,11-12H,8-10H2,1-2H3,(H,18,21)(H,19,23)/t11-,17+/m1/s1. The van der Waals surface area contributed by atoms with E-state index in [0.717, 1.165) is 17.7 Å². The number of nitrogens with one attached hydrogen (secondary N) is 2. The number of benzene rings is 1. The van der Waals surface area contributed by atoms with E-state index < -0.39 is 17.5 Å². The Labute approximate surface area is 135 Å². The van der Waals surface area contributed by atoms with E-state index in [0.29, 0.717) is 11.5 Å². The lowest BCUT2D eigenvalue weighted by molar-refractivity contribution is -0.135. The van der Waals surface area contributed by atoms with Crippen molar-refractivity contribution in [2.24, 2.45) is 5.92 Å². The SMILES string of the molecule is C[C@@H](NC(=O)CN1C(=O)N[C@@](C)(c2ccccc2)C1=O)C1CC1. The predicted molar refractivity (Wildman–Crippen MR) is 84.4 cm³/mol. The molecule has 0 bridgehead atoms. The van der Waals surface area contributed by atoms with Crippen LogP contribution in [0.1, 0.15) is 32.3 Å². The zero-order valence-corrected chi connectivity index (χ0v) is 13.3. The maximum atomic E-state index is 12.7. The Morgan fingerprint density at radius 1 is 1.35 bits per heavy atom. The van der Waals surface area contributed by atoms with Crippen molar-refractivity contribution < 1.29 is 14.4 Å². The molecular weight excluding hydrogens is 294 g/mol. The third kappa shape index (κ3) is 2.93. The first-order valence-electron chi connectivity index (χ1n) is 7.91. The summed E-state index contributed by atoms with van der Waals surface area (Å²) in [7, 11) is 0. The van der Waals surface area contributed by atoms with E-state index in [1.165, 1.54) is 0 Å². The van der Waals surface area contributed by atoms with Crippen LogP contribution in [0.3, 0.4) is 0 Å². The Morgan fingerprint density at radius 2 is 2.00 bits per heavy atom. The lowest BCUT2D eigenvalue weighted by atomic mass is 9.92. The number of hydrogen-bond donors (Lipinski definition) is 2. The lowest BCUT2D eigenvalue weighted by Crippen LogP contribution is -2.45. The van der Waals surface area contributed by atoms with Gasteiger partial charge in [-0.15, -0.1) is 0 Å². The zero-order chi connectivity index (χ0) is 16.6.